The first kappa shape index (κ1) is 4.58. The van der Waals surface area contributed by atoms with Crippen molar-refractivity contribution in [2.24, 2.45) is 0 Å². The minimum atomic E-state index is -2.53. The molecular weight excluding hydrogens is 98.1 g/mol. The van der Waals surface area contributed by atoms with Crippen LogP contribution in [0.3, 0.4) is 0 Å². The highest BCUT2D eigenvalue weighted by molar-refractivity contribution is 5.11. The summed E-state index contributed by atoms with van der Waals surface area (Å²) in [5, 5.41) is 0. The Balaban J connectivity index is 2.53. The Morgan fingerprint density at radius 1 is 1.14 bits per heavy atom. The normalized spacial score (nSPS) is 23.7. The Labute approximate surface area is 40.5 Å². The molecule has 38 valence electrons. The molecule has 0 aromatic heterocycles. The molecule has 0 saturated heterocycles. The number of rotatable bonds is 0. The molecule has 0 bridgehead atoms. The minimum Gasteiger partial charge on any atom is -0.205 e. The van der Waals surface area contributed by atoms with Crippen LogP contribution < -0.4 is 0 Å². The van der Waals surface area contributed by atoms with E-state index in [1.54, 1.807) is 0 Å². The molecule has 1 rings (SSSR count). The third kappa shape index (κ3) is 0.894. The van der Waals surface area contributed by atoms with Gasteiger partial charge in [0, 0.05) is 0 Å². The third-order valence-electron chi connectivity index (χ3n) is 0.819. The van der Waals surface area contributed by atoms with Crippen LogP contribution in [0.5, 0.6) is 0 Å². The molecule has 0 saturated carbocycles. The first-order valence-corrected chi connectivity index (χ1v) is 2.04. The van der Waals surface area contributed by atoms with Gasteiger partial charge in [-0.3, -0.25) is 0 Å². The maximum absolute atomic E-state index is 11.8. The summed E-state index contributed by atoms with van der Waals surface area (Å²) in [6, 6.07) is 0. The zero-order valence-corrected chi connectivity index (χ0v) is 3.67. The van der Waals surface area contributed by atoms with Crippen LogP contribution in [-0.2, 0) is 0 Å². The van der Waals surface area contributed by atoms with E-state index in [4.69, 9.17) is 0 Å². The van der Waals surface area contributed by atoms with Crippen molar-refractivity contribution in [3.63, 3.8) is 0 Å². The first-order chi connectivity index (χ1) is 3.21. The molecule has 0 heterocycles. The molecule has 0 fully saturated rings. The molecule has 7 heavy (non-hydrogen) atoms. The van der Waals surface area contributed by atoms with Crippen molar-refractivity contribution in [2.45, 2.75) is 18.8 Å². The van der Waals surface area contributed by atoms with Gasteiger partial charge in [0.2, 0.25) is 0 Å². The summed E-state index contributed by atoms with van der Waals surface area (Å²) in [7, 11) is 0. The summed E-state index contributed by atoms with van der Waals surface area (Å²) in [4.78, 5) is 0. The third-order valence-corrected chi connectivity index (χ3v) is 0.819. The highest BCUT2D eigenvalue weighted by atomic mass is 19.3. The summed E-state index contributed by atoms with van der Waals surface area (Å²) >= 11 is 0. The molecule has 1 aliphatic rings. The van der Waals surface area contributed by atoms with E-state index < -0.39 is 5.92 Å². The summed E-state index contributed by atoms with van der Waals surface area (Å²) in [6.07, 6.45) is -0.486. The Hall–Kier alpha value is -0.580. The lowest BCUT2D eigenvalue weighted by Gasteiger charge is -2.02. The van der Waals surface area contributed by atoms with Gasteiger partial charge < -0.3 is 0 Å². The summed E-state index contributed by atoms with van der Waals surface area (Å²) in [6.45, 7) is 0. The molecular formula is C5H4F2. The Kier molecular flexibility index (Phi) is 0.780. The van der Waals surface area contributed by atoms with E-state index in [1.807, 2.05) is 0 Å². The standard InChI is InChI=1S/C5H4F2/c6-5(7)3-1-2-4-5/h3-4H2. The maximum Gasteiger partial charge on any atom is 0.269 e. The van der Waals surface area contributed by atoms with Crippen molar-refractivity contribution in [2.75, 3.05) is 0 Å². The van der Waals surface area contributed by atoms with Crippen LogP contribution in [0.1, 0.15) is 12.8 Å². The van der Waals surface area contributed by atoms with Crippen LogP contribution in [0, 0.1) is 11.8 Å². The molecule has 0 atom stereocenters. The lowest BCUT2D eigenvalue weighted by atomic mass is 10.3. The number of hydrogen-bond donors (Lipinski definition) is 0. The fourth-order valence-electron chi connectivity index (χ4n) is 0.446. The van der Waals surface area contributed by atoms with Crippen molar-refractivity contribution in [3.8, 4) is 11.8 Å². The van der Waals surface area contributed by atoms with E-state index in [9.17, 15) is 8.78 Å². The molecule has 0 aliphatic heterocycles. The molecule has 2 heteroatoms. The molecule has 0 N–H and O–H groups in total. The molecule has 0 radical (unpaired) electrons. The predicted molar refractivity (Wildman–Crippen MR) is 22.0 cm³/mol. The van der Waals surface area contributed by atoms with Gasteiger partial charge in [0.25, 0.3) is 5.92 Å². The van der Waals surface area contributed by atoms with E-state index in [0.29, 0.717) is 0 Å². The van der Waals surface area contributed by atoms with E-state index in [0.717, 1.165) is 0 Å². The smallest absolute Gasteiger partial charge is 0.205 e. The van der Waals surface area contributed by atoms with Gasteiger partial charge in [0.05, 0.1) is 12.8 Å². The predicted octanol–water partition coefficient (Wildman–Crippen LogP) is 1.42. The van der Waals surface area contributed by atoms with Gasteiger partial charge in [0.15, 0.2) is 0 Å². The quantitative estimate of drug-likeness (QED) is 0.406. The van der Waals surface area contributed by atoms with Gasteiger partial charge in [-0.1, -0.05) is 11.8 Å². The SMILES string of the molecule is FC1(F)CC#CC1. The van der Waals surface area contributed by atoms with Gasteiger partial charge in [-0.15, -0.1) is 0 Å². The lowest BCUT2D eigenvalue weighted by Crippen LogP contribution is -2.08. The Morgan fingerprint density at radius 2 is 1.57 bits per heavy atom. The number of halogens is 2. The van der Waals surface area contributed by atoms with E-state index in [-0.39, 0.29) is 12.8 Å². The van der Waals surface area contributed by atoms with Crippen molar-refractivity contribution < 1.29 is 8.78 Å². The lowest BCUT2D eigenvalue weighted by molar-refractivity contribution is 0.0174. The number of alkyl halides is 2. The monoisotopic (exact) mass is 102 g/mol. The van der Waals surface area contributed by atoms with Crippen LogP contribution >= 0.6 is 0 Å². The van der Waals surface area contributed by atoms with Crippen molar-refractivity contribution >= 4 is 0 Å². The average molecular weight is 102 g/mol. The van der Waals surface area contributed by atoms with Crippen molar-refractivity contribution in [1.29, 1.82) is 0 Å². The summed E-state index contributed by atoms with van der Waals surface area (Å²) in [5.74, 6) is 2.10. The molecule has 0 spiro atoms. The first-order valence-electron chi connectivity index (χ1n) is 2.04. The second-order valence-corrected chi connectivity index (χ2v) is 1.56. The van der Waals surface area contributed by atoms with Gasteiger partial charge in [-0.2, -0.15) is 0 Å². The zero-order chi connectivity index (χ0) is 5.33. The minimum absolute atomic E-state index is 0.243. The second-order valence-electron chi connectivity index (χ2n) is 1.56. The molecule has 0 amide bonds. The van der Waals surface area contributed by atoms with Crippen LogP contribution in [-0.4, -0.2) is 5.92 Å². The fourth-order valence-corrected chi connectivity index (χ4v) is 0.446. The molecule has 0 aromatic carbocycles. The van der Waals surface area contributed by atoms with Crippen LogP contribution in [0.15, 0.2) is 0 Å². The number of hydrogen-bond acceptors (Lipinski definition) is 0. The highest BCUT2D eigenvalue weighted by Crippen LogP contribution is 2.24. The Bertz CT molecular complexity index is 115. The highest BCUT2D eigenvalue weighted by Gasteiger charge is 2.29. The van der Waals surface area contributed by atoms with Gasteiger partial charge >= 0.3 is 0 Å². The van der Waals surface area contributed by atoms with Gasteiger partial charge in [-0.25, -0.2) is 8.78 Å². The zero-order valence-electron chi connectivity index (χ0n) is 3.67. The average Bonchev–Trinajstić information content (AvgIpc) is 1.84. The fraction of sp³-hybridized carbons (Fsp3) is 0.600. The Morgan fingerprint density at radius 3 is 1.71 bits per heavy atom. The second kappa shape index (κ2) is 1.19. The molecule has 0 aromatic rings. The van der Waals surface area contributed by atoms with E-state index in [1.165, 1.54) is 0 Å². The van der Waals surface area contributed by atoms with E-state index in [2.05, 4.69) is 11.8 Å². The summed E-state index contributed by atoms with van der Waals surface area (Å²) in [5.41, 5.74) is 0. The topological polar surface area (TPSA) is 0 Å². The van der Waals surface area contributed by atoms with Crippen molar-refractivity contribution in [1.82, 2.24) is 0 Å². The van der Waals surface area contributed by atoms with Crippen LogP contribution in [0.2, 0.25) is 0 Å². The van der Waals surface area contributed by atoms with Gasteiger partial charge in [0.1, 0.15) is 0 Å². The molecule has 0 unspecified atom stereocenters. The van der Waals surface area contributed by atoms with E-state index >= 15 is 0 Å². The van der Waals surface area contributed by atoms with Gasteiger partial charge in [-0.05, 0) is 0 Å². The summed E-state index contributed by atoms with van der Waals surface area (Å²) < 4.78 is 23.6. The van der Waals surface area contributed by atoms with Crippen molar-refractivity contribution in [3.05, 3.63) is 0 Å². The molecule has 0 nitrogen and oxygen atoms in total. The van der Waals surface area contributed by atoms with Crippen LogP contribution in [0.25, 0.3) is 0 Å². The molecule has 1 aliphatic carbocycles. The maximum atomic E-state index is 11.8. The van der Waals surface area contributed by atoms with Crippen LogP contribution in [0.4, 0.5) is 8.78 Å². The largest absolute Gasteiger partial charge is 0.269 e.